The number of hydrogen-bond acceptors (Lipinski definition) is 2. The van der Waals surface area contributed by atoms with Gasteiger partial charge in [-0.15, -0.1) is 0 Å². The maximum absolute atomic E-state index is 4.55. The van der Waals surface area contributed by atoms with Crippen LogP contribution in [0.1, 0.15) is 25.6 Å². The van der Waals surface area contributed by atoms with Gasteiger partial charge in [0, 0.05) is 15.7 Å². The number of rotatable bonds is 1. The Kier molecular flexibility index (Phi) is 2.75. The Bertz CT molecular complexity index is 478. The summed E-state index contributed by atoms with van der Waals surface area (Å²) >= 11 is 2.25. The summed E-state index contributed by atoms with van der Waals surface area (Å²) in [6.45, 7) is 4.26. The average molecular weight is 319 g/mol. The molecule has 0 aliphatic carbocycles. The third-order valence-electron chi connectivity index (χ3n) is 2.04. The average Bonchev–Trinajstić information content (AvgIpc) is 2.43. The SMILES string of the molecule is CC(C)c1nc2cc(I)cnc2n1P. The number of pyridine rings is 1. The smallest absolute Gasteiger partial charge is 0.163 e. The maximum Gasteiger partial charge on any atom is 0.163 e. The molecule has 1 atom stereocenters. The number of halogens is 1. The van der Waals surface area contributed by atoms with Crippen molar-refractivity contribution in [2.24, 2.45) is 0 Å². The number of nitrogens with zero attached hydrogens (tertiary/aromatic N) is 3. The maximum atomic E-state index is 4.55. The molecule has 0 fully saturated rings. The molecule has 0 amide bonds. The third-order valence-corrected chi connectivity index (χ3v) is 3.14. The standard InChI is InChI=1S/C9H11IN3P/c1-5(2)8-12-7-3-6(10)4-11-9(7)13(8)14/h3-5H,14H2,1-2H3. The zero-order valence-corrected chi connectivity index (χ0v) is 11.3. The molecule has 0 bridgehead atoms. The molecule has 2 aromatic heterocycles. The summed E-state index contributed by atoms with van der Waals surface area (Å²) in [4.78, 5) is 8.90. The Morgan fingerprint density at radius 1 is 1.50 bits per heavy atom. The van der Waals surface area contributed by atoms with Gasteiger partial charge in [-0.1, -0.05) is 13.8 Å². The number of aromatic nitrogens is 3. The minimum atomic E-state index is 0.416. The summed E-state index contributed by atoms with van der Waals surface area (Å²) < 4.78 is 3.10. The summed E-state index contributed by atoms with van der Waals surface area (Å²) in [5.74, 6) is 1.47. The lowest BCUT2D eigenvalue weighted by Crippen LogP contribution is -1.94. The van der Waals surface area contributed by atoms with Crippen LogP contribution < -0.4 is 0 Å². The zero-order chi connectivity index (χ0) is 10.3. The fraction of sp³-hybridized carbons (Fsp3) is 0.333. The molecular formula is C9H11IN3P. The molecule has 2 heterocycles. The van der Waals surface area contributed by atoms with Gasteiger partial charge in [0.25, 0.3) is 0 Å². The van der Waals surface area contributed by atoms with Gasteiger partial charge in [0.05, 0.1) is 0 Å². The van der Waals surface area contributed by atoms with E-state index in [2.05, 4.69) is 61.9 Å². The first-order valence-electron chi connectivity index (χ1n) is 4.38. The Hall–Kier alpha value is -0.220. The fourth-order valence-corrected chi connectivity index (χ4v) is 2.37. The highest BCUT2D eigenvalue weighted by molar-refractivity contribution is 14.1. The van der Waals surface area contributed by atoms with Crippen molar-refractivity contribution >= 4 is 43.1 Å². The van der Waals surface area contributed by atoms with Crippen molar-refractivity contribution in [3.8, 4) is 0 Å². The fourth-order valence-electron chi connectivity index (χ4n) is 1.38. The van der Waals surface area contributed by atoms with Crippen molar-refractivity contribution in [1.29, 1.82) is 0 Å². The lowest BCUT2D eigenvalue weighted by Gasteiger charge is -2.03. The Labute approximate surface area is 98.7 Å². The van der Waals surface area contributed by atoms with E-state index in [4.69, 9.17) is 0 Å². The van der Waals surface area contributed by atoms with Gasteiger partial charge < -0.3 is 0 Å². The van der Waals surface area contributed by atoms with Gasteiger partial charge in [0.2, 0.25) is 0 Å². The largest absolute Gasteiger partial charge is 0.297 e. The number of fused-ring (bicyclic) bond motifs is 1. The first-order chi connectivity index (χ1) is 6.59. The monoisotopic (exact) mass is 319 g/mol. The molecule has 0 aliphatic rings. The van der Waals surface area contributed by atoms with Gasteiger partial charge in [-0.05, 0) is 38.0 Å². The highest BCUT2D eigenvalue weighted by Gasteiger charge is 2.11. The molecule has 0 saturated carbocycles. The van der Waals surface area contributed by atoms with Crippen molar-refractivity contribution < 1.29 is 0 Å². The van der Waals surface area contributed by atoms with Crippen LogP contribution in [0, 0.1) is 3.57 Å². The molecule has 14 heavy (non-hydrogen) atoms. The summed E-state index contributed by atoms with van der Waals surface area (Å²) in [7, 11) is 2.66. The van der Waals surface area contributed by atoms with Gasteiger partial charge >= 0.3 is 0 Å². The highest BCUT2D eigenvalue weighted by Crippen LogP contribution is 2.23. The molecule has 74 valence electrons. The van der Waals surface area contributed by atoms with Crippen LogP contribution in [0.2, 0.25) is 0 Å². The van der Waals surface area contributed by atoms with Crippen molar-refractivity contribution in [1.82, 2.24) is 14.3 Å². The molecule has 0 radical (unpaired) electrons. The Balaban J connectivity index is 2.73. The van der Waals surface area contributed by atoms with E-state index in [1.165, 1.54) is 0 Å². The minimum Gasteiger partial charge on any atom is -0.297 e. The van der Waals surface area contributed by atoms with Gasteiger partial charge in [0.15, 0.2) is 5.65 Å². The van der Waals surface area contributed by atoms with Gasteiger partial charge in [-0.25, -0.2) is 9.97 Å². The van der Waals surface area contributed by atoms with E-state index in [1.807, 2.05) is 10.5 Å². The van der Waals surface area contributed by atoms with Gasteiger partial charge in [-0.2, -0.15) is 0 Å². The molecule has 0 spiro atoms. The normalized spacial score (nSPS) is 11.5. The minimum absolute atomic E-state index is 0.416. The third kappa shape index (κ3) is 1.65. The van der Waals surface area contributed by atoms with E-state index in [0.717, 1.165) is 20.6 Å². The van der Waals surface area contributed by atoms with Crippen LogP contribution in [0.15, 0.2) is 12.3 Å². The molecule has 1 unspecified atom stereocenters. The molecule has 0 aromatic carbocycles. The predicted octanol–water partition coefficient (Wildman–Crippen LogP) is 2.80. The van der Waals surface area contributed by atoms with E-state index in [0.29, 0.717) is 5.92 Å². The van der Waals surface area contributed by atoms with Crippen LogP contribution in [-0.4, -0.2) is 14.3 Å². The van der Waals surface area contributed by atoms with Crippen LogP contribution in [0.5, 0.6) is 0 Å². The van der Waals surface area contributed by atoms with E-state index < -0.39 is 0 Å². The Morgan fingerprint density at radius 3 is 2.86 bits per heavy atom. The molecule has 0 N–H and O–H groups in total. The summed E-state index contributed by atoms with van der Waals surface area (Å²) in [5, 5.41) is 0. The molecule has 2 aromatic rings. The molecule has 0 saturated heterocycles. The lowest BCUT2D eigenvalue weighted by molar-refractivity contribution is 0.785. The Morgan fingerprint density at radius 2 is 2.21 bits per heavy atom. The van der Waals surface area contributed by atoms with Crippen LogP contribution in [0.3, 0.4) is 0 Å². The first-order valence-corrected chi connectivity index (χ1v) is 5.98. The van der Waals surface area contributed by atoms with Crippen LogP contribution in [0.4, 0.5) is 0 Å². The molecular weight excluding hydrogens is 308 g/mol. The van der Waals surface area contributed by atoms with Crippen molar-refractivity contribution in [3.63, 3.8) is 0 Å². The van der Waals surface area contributed by atoms with Gasteiger partial charge in [0.1, 0.15) is 11.3 Å². The van der Waals surface area contributed by atoms with E-state index >= 15 is 0 Å². The number of imidazole rings is 1. The second kappa shape index (κ2) is 3.74. The van der Waals surface area contributed by atoms with Crippen LogP contribution in [0.25, 0.3) is 11.2 Å². The quantitative estimate of drug-likeness (QED) is 0.598. The molecule has 3 nitrogen and oxygen atoms in total. The van der Waals surface area contributed by atoms with Crippen molar-refractivity contribution in [3.05, 3.63) is 21.7 Å². The summed E-state index contributed by atoms with van der Waals surface area (Å²) in [6.07, 6.45) is 1.86. The van der Waals surface area contributed by atoms with Crippen molar-refractivity contribution in [2.45, 2.75) is 19.8 Å². The van der Waals surface area contributed by atoms with Gasteiger partial charge in [-0.3, -0.25) is 4.34 Å². The summed E-state index contributed by atoms with van der Waals surface area (Å²) in [5.41, 5.74) is 1.90. The van der Waals surface area contributed by atoms with Crippen LogP contribution in [-0.2, 0) is 0 Å². The van der Waals surface area contributed by atoms with E-state index in [1.54, 1.807) is 0 Å². The van der Waals surface area contributed by atoms with Crippen LogP contribution >= 0.6 is 32.0 Å². The molecule has 5 heteroatoms. The first kappa shape index (κ1) is 10.3. The highest BCUT2D eigenvalue weighted by atomic mass is 127. The molecule has 2 rings (SSSR count). The topological polar surface area (TPSA) is 30.7 Å². The molecule has 0 aliphatic heterocycles. The zero-order valence-electron chi connectivity index (χ0n) is 8.03. The summed E-state index contributed by atoms with van der Waals surface area (Å²) in [6, 6.07) is 2.05. The van der Waals surface area contributed by atoms with E-state index in [-0.39, 0.29) is 0 Å². The van der Waals surface area contributed by atoms with Crippen molar-refractivity contribution in [2.75, 3.05) is 0 Å². The lowest BCUT2D eigenvalue weighted by atomic mass is 10.2. The second-order valence-corrected chi connectivity index (χ2v) is 5.25. The predicted molar refractivity (Wildman–Crippen MR) is 69.4 cm³/mol. The second-order valence-electron chi connectivity index (χ2n) is 3.49. The van der Waals surface area contributed by atoms with E-state index in [9.17, 15) is 0 Å². The number of hydrogen-bond donors (Lipinski definition) is 0.